The molecule has 0 spiro atoms. The van der Waals surface area contributed by atoms with Crippen LogP contribution < -0.4 is 15.0 Å². The second kappa shape index (κ2) is 7.14. The number of hydrogen-bond donors (Lipinski definition) is 1. The molecule has 0 radical (unpaired) electrons. The first kappa shape index (κ1) is 17.3. The molecule has 9 heteroatoms. The third-order valence-electron chi connectivity index (χ3n) is 3.92. The van der Waals surface area contributed by atoms with Crippen molar-refractivity contribution in [3.05, 3.63) is 23.0 Å². The van der Waals surface area contributed by atoms with Crippen molar-refractivity contribution in [2.75, 3.05) is 25.1 Å². The molecule has 2 heterocycles. The summed E-state index contributed by atoms with van der Waals surface area (Å²) in [7, 11) is 1.52. The van der Waals surface area contributed by atoms with Crippen molar-refractivity contribution in [2.24, 2.45) is 5.16 Å². The molecular weight excluding hydrogens is 344 g/mol. The van der Waals surface area contributed by atoms with Gasteiger partial charge in [0, 0.05) is 19.2 Å². The number of nitrogens with one attached hydrogen (secondary N) is 1. The molecule has 1 atom stereocenters. The van der Waals surface area contributed by atoms with Crippen molar-refractivity contribution < 1.29 is 19.2 Å². The molecule has 3 rings (SSSR count). The molecule has 0 bridgehead atoms. The summed E-state index contributed by atoms with van der Waals surface area (Å²) in [6, 6.07) is 5.80. The van der Waals surface area contributed by atoms with Gasteiger partial charge in [0.05, 0.1) is 23.3 Å². The molecule has 1 fully saturated rings. The number of carbonyl (C=O) groups excluding carboxylic acids is 2. The topological polar surface area (TPSA) is 85.2 Å². The van der Waals surface area contributed by atoms with Crippen molar-refractivity contribution >= 4 is 39.2 Å². The van der Waals surface area contributed by atoms with Crippen molar-refractivity contribution in [1.29, 1.82) is 0 Å². The zero-order valence-corrected chi connectivity index (χ0v) is 15.1. The lowest BCUT2D eigenvalue weighted by molar-refractivity contribution is -0.119. The number of aryl methyl sites for hydroxylation is 1. The third kappa shape index (κ3) is 3.46. The maximum Gasteiger partial charge on any atom is 0.414 e. The second-order valence-electron chi connectivity index (χ2n) is 5.61. The highest BCUT2D eigenvalue weighted by Crippen LogP contribution is 2.27. The Morgan fingerprint density at radius 2 is 2.32 bits per heavy atom. The van der Waals surface area contributed by atoms with Gasteiger partial charge in [-0.3, -0.25) is 9.69 Å². The van der Waals surface area contributed by atoms with E-state index in [-0.39, 0.29) is 12.0 Å². The lowest BCUT2D eigenvalue weighted by Crippen LogP contribution is -2.33. The molecule has 1 aromatic heterocycles. The molecule has 8 nitrogen and oxygen atoms in total. The minimum atomic E-state index is -0.406. The van der Waals surface area contributed by atoms with Crippen molar-refractivity contribution in [1.82, 2.24) is 9.88 Å². The number of rotatable bonds is 5. The minimum Gasteiger partial charge on any atom is -0.442 e. The summed E-state index contributed by atoms with van der Waals surface area (Å²) in [6.45, 7) is 4.96. The van der Waals surface area contributed by atoms with Crippen LogP contribution in [0, 0.1) is 0 Å². The number of cyclic esters (lactones) is 1. The van der Waals surface area contributed by atoms with Crippen LogP contribution >= 0.6 is 11.3 Å². The van der Waals surface area contributed by atoms with E-state index in [9.17, 15) is 9.59 Å². The fourth-order valence-electron chi connectivity index (χ4n) is 2.78. The molecular formula is C16H20N4O4S. The summed E-state index contributed by atoms with van der Waals surface area (Å²) in [5.74, 6) is -0.145. The number of nitrogens with zero attached hydrogens (tertiary/aromatic N) is 3. The molecule has 0 aliphatic carbocycles. The van der Waals surface area contributed by atoms with E-state index in [1.165, 1.54) is 25.4 Å². The van der Waals surface area contributed by atoms with E-state index in [2.05, 4.69) is 15.0 Å². The van der Waals surface area contributed by atoms with E-state index in [1.54, 1.807) is 4.90 Å². The Morgan fingerprint density at radius 1 is 1.52 bits per heavy atom. The second-order valence-corrected chi connectivity index (χ2v) is 6.62. The SMILES string of the molecule is CCn1c(=NOC)sc2cc(N3CC(CNC(C)=O)OC3=O)ccc21. The summed E-state index contributed by atoms with van der Waals surface area (Å²) in [5.41, 5.74) is 1.80. The predicted molar refractivity (Wildman–Crippen MR) is 94.4 cm³/mol. The fraction of sp³-hybridized carbons (Fsp3) is 0.438. The highest BCUT2D eigenvalue weighted by Gasteiger charge is 2.32. The molecule has 134 valence electrons. The molecule has 1 unspecified atom stereocenters. The number of amides is 2. The van der Waals surface area contributed by atoms with Gasteiger partial charge in [0.1, 0.15) is 13.2 Å². The maximum atomic E-state index is 12.1. The van der Waals surface area contributed by atoms with E-state index in [1.807, 2.05) is 25.1 Å². The molecule has 1 aliphatic heterocycles. The number of benzene rings is 1. The first-order valence-corrected chi connectivity index (χ1v) is 8.78. The van der Waals surface area contributed by atoms with E-state index in [0.717, 1.165) is 27.3 Å². The van der Waals surface area contributed by atoms with Crippen LogP contribution in [-0.2, 0) is 20.9 Å². The highest BCUT2D eigenvalue weighted by molar-refractivity contribution is 7.16. The van der Waals surface area contributed by atoms with E-state index in [0.29, 0.717) is 13.1 Å². The number of fused-ring (bicyclic) bond motifs is 1. The lowest BCUT2D eigenvalue weighted by atomic mass is 10.2. The standard InChI is InChI=1S/C16H20N4O4S/c1-4-19-13-6-5-11(7-14(13)25-15(19)18-23-3)20-9-12(24-16(20)22)8-17-10(2)21/h5-7,12H,4,8-9H2,1-3H3,(H,17,21). The van der Waals surface area contributed by atoms with Gasteiger partial charge in [-0.1, -0.05) is 16.5 Å². The highest BCUT2D eigenvalue weighted by atomic mass is 32.1. The Kier molecular flexibility index (Phi) is 4.93. The van der Waals surface area contributed by atoms with Gasteiger partial charge in [-0.05, 0) is 25.1 Å². The number of carbonyl (C=O) groups is 2. The maximum absolute atomic E-state index is 12.1. The van der Waals surface area contributed by atoms with Crippen molar-refractivity contribution in [3.8, 4) is 0 Å². The zero-order valence-electron chi connectivity index (χ0n) is 14.3. The third-order valence-corrected chi connectivity index (χ3v) is 4.94. The van der Waals surface area contributed by atoms with Crippen LogP contribution in [0.3, 0.4) is 0 Å². The average Bonchev–Trinajstić information content (AvgIpc) is 3.12. The zero-order chi connectivity index (χ0) is 18.0. The lowest BCUT2D eigenvalue weighted by Gasteiger charge is -2.13. The summed E-state index contributed by atoms with van der Waals surface area (Å²) in [5, 5.41) is 6.72. The van der Waals surface area contributed by atoms with Crippen LogP contribution in [0.25, 0.3) is 10.2 Å². The van der Waals surface area contributed by atoms with Crippen LogP contribution in [-0.4, -0.2) is 42.9 Å². The Balaban J connectivity index is 1.88. The average molecular weight is 364 g/mol. The fourth-order valence-corrected chi connectivity index (χ4v) is 3.89. The Labute approximate surface area is 148 Å². The Morgan fingerprint density at radius 3 is 3.00 bits per heavy atom. The first-order valence-electron chi connectivity index (χ1n) is 7.96. The van der Waals surface area contributed by atoms with E-state index >= 15 is 0 Å². The molecule has 25 heavy (non-hydrogen) atoms. The summed E-state index contributed by atoms with van der Waals surface area (Å²) in [6.07, 6.45) is -0.758. The van der Waals surface area contributed by atoms with Gasteiger partial charge in [-0.2, -0.15) is 0 Å². The van der Waals surface area contributed by atoms with Crippen LogP contribution in [0.15, 0.2) is 23.4 Å². The molecule has 1 aromatic carbocycles. The smallest absolute Gasteiger partial charge is 0.414 e. The first-order chi connectivity index (χ1) is 12.0. The van der Waals surface area contributed by atoms with Gasteiger partial charge in [-0.25, -0.2) is 4.79 Å². The van der Waals surface area contributed by atoms with Gasteiger partial charge in [-0.15, -0.1) is 0 Å². The quantitative estimate of drug-likeness (QED) is 0.818. The number of aromatic nitrogens is 1. The summed E-state index contributed by atoms with van der Waals surface area (Å²) >= 11 is 1.50. The van der Waals surface area contributed by atoms with Crippen LogP contribution in [0.4, 0.5) is 10.5 Å². The Hall–Kier alpha value is -2.55. The molecule has 2 amide bonds. The van der Waals surface area contributed by atoms with Crippen LogP contribution in [0.2, 0.25) is 0 Å². The van der Waals surface area contributed by atoms with Crippen LogP contribution in [0.1, 0.15) is 13.8 Å². The monoisotopic (exact) mass is 364 g/mol. The Bertz CT molecular complexity index is 873. The van der Waals surface area contributed by atoms with Gasteiger partial charge < -0.3 is 19.5 Å². The van der Waals surface area contributed by atoms with Crippen molar-refractivity contribution in [3.63, 3.8) is 0 Å². The van der Waals surface area contributed by atoms with Gasteiger partial charge >= 0.3 is 6.09 Å². The number of anilines is 1. The van der Waals surface area contributed by atoms with Gasteiger partial charge in [0.25, 0.3) is 0 Å². The summed E-state index contributed by atoms with van der Waals surface area (Å²) < 4.78 is 8.37. The normalized spacial score (nSPS) is 17.9. The number of thiazole rings is 1. The molecule has 2 aromatic rings. The summed E-state index contributed by atoms with van der Waals surface area (Å²) in [4.78, 5) is 30.4. The van der Waals surface area contributed by atoms with Crippen LogP contribution in [0.5, 0.6) is 0 Å². The molecule has 1 aliphatic rings. The molecule has 1 N–H and O–H groups in total. The number of ether oxygens (including phenoxy) is 1. The van der Waals surface area contributed by atoms with Gasteiger partial charge in [0.2, 0.25) is 10.7 Å². The largest absolute Gasteiger partial charge is 0.442 e. The molecule has 0 saturated carbocycles. The van der Waals surface area contributed by atoms with Gasteiger partial charge in [0.15, 0.2) is 0 Å². The van der Waals surface area contributed by atoms with E-state index in [4.69, 9.17) is 9.57 Å². The number of hydrogen-bond acceptors (Lipinski definition) is 6. The van der Waals surface area contributed by atoms with Crippen molar-refractivity contribution in [2.45, 2.75) is 26.5 Å². The van der Waals surface area contributed by atoms with E-state index < -0.39 is 6.09 Å². The molecule has 1 saturated heterocycles. The minimum absolute atomic E-state index is 0.145. The predicted octanol–water partition coefficient (Wildman–Crippen LogP) is 1.65.